The molecule has 1 aromatic carbocycles. The molecule has 2 aromatic heterocycles. The zero-order chi connectivity index (χ0) is 18.2. The monoisotopic (exact) mass is 358 g/mol. The van der Waals surface area contributed by atoms with Crippen LogP contribution in [0.15, 0.2) is 52.3 Å². The van der Waals surface area contributed by atoms with Crippen molar-refractivity contribution in [2.75, 3.05) is 4.72 Å². The highest BCUT2D eigenvalue weighted by Gasteiger charge is 2.15. The van der Waals surface area contributed by atoms with Crippen LogP contribution in [0.3, 0.4) is 0 Å². The van der Waals surface area contributed by atoms with Gasteiger partial charge in [0.2, 0.25) is 0 Å². The second kappa shape index (κ2) is 6.21. The van der Waals surface area contributed by atoms with Gasteiger partial charge in [-0.25, -0.2) is 18.1 Å². The van der Waals surface area contributed by atoms with Crippen molar-refractivity contribution in [2.45, 2.75) is 25.7 Å². The molecule has 0 atom stereocenters. The van der Waals surface area contributed by atoms with Crippen molar-refractivity contribution in [3.63, 3.8) is 0 Å². The van der Waals surface area contributed by atoms with Crippen LogP contribution in [0.4, 0.5) is 5.69 Å². The number of H-pyrrole nitrogens is 1. The maximum atomic E-state index is 12.5. The molecule has 2 N–H and O–H groups in total. The average molecular weight is 358 g/mol. The fourth-order valence-electron chi connectivity index (χ4n) is 2.56. The lowest BCUT2D eigenvalue weighted by atomic mass is 10.2. The number of aromatic amines is 1. The zero-order valence-corrected chi connectivity index (χ0v) is 14.9. The van der Waals surface area contributed by atoms with E-state index in [1.54, 1.807) is 31.2 Å². The highest BCUT2D eigenvalue weighted by Crippen LogP contribution is 2.18. The summed E-state index contributed by atoms with van der Waals surface area (Å²) in [6.45, 7) is 5.46. The molecule has 0 aliphatic heterocycles. The topological polar surface area (TPSA) is 96.9 Å². The molecule has 0 saturated carbocycles. The van der Waals surface area contributed by atoms with E-state index in [1.165, 1.54) is 16.9 Å². The van der Waals surface area contributed by atoms with Crippen LogP contribution >= 0.6 is 0 Å². The fourth-order valence-corrected chi connectivity index (χ4v) is 3.80. The molecule has 8 heteroatoms. The Hall–Kier alpha value is -2.87. The molecule has 7 nitrogen and oxygen atoms in total. The molecular weight excluding hydrogens is 340 g/mol. The molecule has 0 aliphatic rings. The van der Waals surface area contributed by atoms with Crippen molar-refractivity contribution >= 4 is 15.7 Å². The number of aromatic nitrogens is 3. The Labute approximate surface area is 145 Å². The van der Waals surface area contributed by atoms with E-state index in [2.05, 4.69) is 14.8 Å². The molecule has 3 rings (SSSR count). The van der Waals surface area contributed by atoms with E-state index < -0.39 is 10.0 Å². The lowest BCUT2D eigenvalue weighted by Crippen LogP contribution is -2.16. The first-order valence-corrected chi connectivity index (χ1v) is 9.09. The molecule has 0 amide bonds. The Balaban J connectivity index is 1.88. The molecule has 130 valence electrons. The van der Waals surface area contributed by atoms with Crippen molar-refractivity contribution in [1.82, 2.24) is 14.8 Å². The lowest BCUT2D eigenvalue weighted by molar-refractivity contribution is 0.601. The van der Waals surface area contributed by atoms with Crippen LogP contribution in [-0.4, -0.2) is 23.2 Å². The van der Waals surface area contributed by atoms with Crippen molar-refractivity contribution in [3.8, 4) is 5.82 Å². The predicted molar refractivity (Wildman–Crippen MR) is 95.6 cm³/mol. The first kappa shape index (κ1) is 17.0. The predicted octanol–water partition coefficient (Wildman–Crippen LogP) is 2.29. The summed E-state index contributed by atoms with van der Waals surface area (Å²) in [6, 6.07) is 9.71. The Morgan fingerprint density at radius 1 is 1.04 bits per heavy atom. The van der Waals surface area contributed by atoms with Crippen molar-refractivity contribution in [3.05, 3.63) is 69.8 Å². The second-order valence-corrected chi connectivity index (χ2v) is 7.63. The number of hydrogen-bond acceptors (Lipinski definition) is 4. The molecule has 0 saturated heterocycles. The van der Waals surface area contributed by atoms with E-state index in [-0.39, 0.29) is 10.5 Å². The second-order valence-electron chi connectivity index (χ2n) is 5.95. The number of sulfonamides is 1. The van der Waals surface area contributed by atoms with Gasteiger partial charge < -0.3 is 0 Å². The summed E-state index contributed by atoms with van der Waals surface area (Å²) >= 11 is 0. The lowest BCUT2D eigenvalue weighted by Gasteiger charge is -2.10. The molecule has 0 fully saturated rings. The number of anilines is 1. The number of rotatable bonds is 4. The minimum Gasteiger partial charge on any atom is -0.294 e. The number of benzene rings is 1. The molecule has 2 heterocycles. The Bertz CT molecular complexity index is 1060. The van der Waals surface area contributed by atoms with Gasteiger partial charge >= 0.3 is 0 Å². The normalized spacial score (nSPS) is 11.5. The summed E-state index contributed by atoms with van der Waals surface area (Å²) in [4.78, 5) is 16.1. The van der Waals surface area contributed by atoms with E-state index in [0.29, 0.717) is 17.2 Å². The summed E-state index contributed by atoms with van der Waals surface area (Å²) in [6.07, 6.45) is 1.37. The number of pyridine rings is 1. The van der Waals surface area contributed by atoms with Crippen molar-refractivity contribution in [1.29, 1.82) is 0 Å². The minimum atomic E-state index is -3.71. The molecular formula is C17H18N4O3S. The van der Waals surface area contributed by atoms with Gasteiger partial charge in [0.25, 0.3) is 15.6 Å². The summed E-state index contributed by atoms with van der Waals surface area (Å²) in [5.41, 5.74) is 2.55. The number of nitrogens with zero attached hydrogens (tertiary/aromatic N) is 2. The van der Waals surface area contributed by atoms with Crippen LogP contribution < -0.4 is 10.3 Å². The van der Waals surface area contributed by atoms with E-state index in [0.717, 1.165) is 11.1 Å². The third-order valence-electron chi connectivity index (χ3n) is 3.58. The summed E-state index contributed by atoms with van der Waals surface area (Å²) in [5, 5.41) is 2.87. The third-order valence-corrected chi connectivity index (χ3v) is 4.94. The van der Waals surface area contributed by atoms with E-state index in [4.69, 9.17) is 0 Å². The summed E-state index contributed by atoms with van der Waals surface area (Å²) in [5.74, 6) is 0.382. The quantitative estimate of drug-likeness (QED) is 0.748. The van der Waals surface area contributed by atoms with Gasteiger partial charge in [-0.1, -0.05) is 6.07 Å². The van der Waals surface area contributed by atoms with Crippen LogP contribution in [0.25, 0.3) is 5.82 Å². The Kier molecular flexibility index (Phi) is 4.22. The summed E-state index contributed by atoms with van der Waals surface area (Å²) in [7, 11) is -3.71. The molecule has 0 aliphatic carbocycles. The number of aryl methyl sites for hydroxylation is 3. The zero-order valence-electron chi connectivity index (χ0n) is 14.1. The number of nitrogens with one attached hydrogen (secondary N) is 2. The van der Waals surface area contributed by atoms with Crippen LogP contribution in [0.2, 0.25) is 0 Å². The maximum Gasteiger partial charge on any atom is 0.272 e. The highest BCUT2D eigenvalue weighted by molar-refractivity contribution is 7.92. The van der Waals surface area contributed by atoms with Gasteiger partial charge in [-0.2, -0.15) is 0 Å². The highest BCUT2D eigenvalue weighted by atomic mass is 32.2. The van der Waals surface area contributed by atoms with Crippen molar-refractivity contribution in [2.24, 2.45) is 0 Å². The van der Waals surface area contributed by atoms with Crippen LogP contribution in [0.5, 0.6) is 0 Å². The standard InChI is InChI=1S/C17H18N4O3S/c1-11-6-12(2)8-15(7-11)25(23,24)20-14-4-5-16(18-10-14)21-17(22)9-13(3)19-21/h4-10,19-20H,1-3H3. The molecule has 0 unspecified atom stereocenters. The molecule has 3 aromatic rings. The Morgan fingerprint density at radius 2 is 1.72 bits per heavy atom. The first-order valence-electron chi connectivity index (χ1n) is 7.61. The van der Waals surface area contributed by atoms with E-state index in [9.17, 15) is 13.2 Å². The van der Waals surface area contributed by atoms with Crippen LogP contribution in [0, 0.1) is 20.8 Å². The maximum absolute atomic E-state index is 12.5. The van der Waals surface area contributed by atoms with Gasteiger partial charge in [-0.15, -0.1) is 0 Å². The Morgan fingerprint density at radius 3 is 2.24 bits per heavy atom. The summed E-state index contributed by atoms with van der Waals surface area (Å²) < 4.78 is 28.8. The van der Waals surface area contributed by atoms with Crippen LogP contribution in [0.1, 0.15) is 16.8 Å². The van der Waals surface area contributed by atoms with Gasteiger partial charge in [0, 0.05) is 11.8 Å². The van der Waals surface area contributed by atoms with Gasteiger partial charge in [0.1, 0.15) is 0 Å². The molecule has 0 spiro atoms. The largest absolute Gasteiger partial charge is 0.294 e. The van der Waals surface area contributed by atoms with Gasteiger partial charge in [-0.3, -0.25) is 14.6 Å². The van der Waals surface area contributed by atoms with E-state index >= 15 is 0 Å². The SMILES string of the molecule is Cc1cc(C)cc(S(=O)(=O)Nc2ccc(-n3[nH]c(C)cc3=O)nc2)c1. The molecule has 0 radical (unpaired) electrons. The van der Waals surface area contributed by atoms with Gasteiger partial charge in [-0.05, 0) is 56.2 Å². The third kappa shape index (κ3) is 3.63. The fraction of sp³-hybridized carbons (Fsp3) is 0.176. The smallest absolute Gasteiger partial charge is 0.272 e. The average Bonchev–Trinajstić information content (AvgIpc) is 2.85. The number of hydrogen-bond donors (Lipinski definition) is 2. The molecule has 25 heavy (non-hydrogen) atoms. The van der Waals surface area contributed by atoms with Crippen molar-refractivity contribution < 1.29 is 8.42 Å². The first-order chi connectivity index (χ1) is 11.7. The molecule has 0 bridgehead atoms. The van der Waals surface area contributed by atoms with E-state index in [1.807, 2.05) is 19.9 Å². The van der Waals surface area contributed by atoms with Gasteiger partial charge in [0.05, 0.1) is 16.8 Å². The van der Waals surface area contributed by atoms with Crippen LogP contribution in [-0.2, 0) is 10.0 Å². The van der Waals surface area contributed by atoms with Gasteiger partial charge in [0.15, 0.2) is 5.82 Å². The minimum absolute atomic E-state index is 0.199.